The van der Waals surface area contributed by atoms with E-state index in [1.54, 1.807) is 23.1 Å². The first-order chi connectivity index (χ1) is 9.60. The molecule has 0 aliphatic heterocycles. The number of aryl methyl sites for hydroxylation is 1. The van der Waals surface area contributed by atoms with Crippen LogP contribution in [-0.2, 0) is 0 Å². The van der Waals surface area contributed by atoms with E-state index in [2.05, 4.69) is 63.5 Å². The van der Waals surface area contributed by atoms with Crippen LogP contribution in [0.25, 0.3) is 0 Å². The number of hydrogen-bond acceptors (Lipinski definition) is 5. The van der Waals surface area contributed by atoms with Crippen LogP contribution in [0.5, 0.6) is 0 Å². The van der Waals surface area contributed by atoms with E-state index >= 15 is 0 Å². The Kier molecular flexibility index (Phi) is 6.01. The van der Waals surface area contributed by atoms with E-state index in [-0.39, 0.29) is 0 Å². The van der Waals surface area contributed by atoms with E-state index in [0.29, 0.717) is 6.04 Å². The summed E-state index contributed by atoms with van der Waals surface area (Å²) in [5, 5.41) is 12.7. The minimum Gasteiger partial charge on any atom is -0.310 e. The largest absolute Gasteiger partial charge is 0.310 e. The average Bonchev–Trinajstić information content (AvgIpc) is 2.81. The molecule has 6 heteroatoms. The van der Waals surface area contributed by atoms with Crippen LogP contribution < -0.4 is 5.32 Å². The van der Waals surface area contributed by atoms with Gasteiger partial charge in [0.05, 0.1) is 0 Å². The summed E-state index contributed by atoms with van der Waals surface area (Å²) in [6, 6.07) is 6.83. The Morgan fingerprint density at radius 2 is 2.20 bits per heavy atom. The molecule has 108 valence electrons. The van der Waals surface area contributed by atoms with Crippen LogP contribution in [0.4, 0.5) is 0 Å². The van der Waals surface area contributed by atoms with Crippen LogP contribution in [0.2, 0.25) is 0 Å². The van der Waals surface area contributed by atoms with Gasteiger partial charge in [0.15, 0.2) is 4.34 Å². The predicted octanol–water partition coefficient (Wildman–Crippen LogP) is 4.82. The van der Waals surface area contributed by atoms with Gasteiger partial charge in [-0.3, -0.25) is 0 Å². The Balaban J connectivity index is 2.09. The first-order valence-corrected chi connectivity index (χ1v) is 9.03. The first kappa shape index (κ1) is 15.9. The summed E-state index contributed by atoms with van der Waals surface area (Å²) in [6.45, 7) is 7.38. The molecule has 0 radical (unpaired) electrons. The van der Waals surface area contributed by atoms with E-state index in [0.717, 1.165) is 26.8 Å². The quantitative estimate of drug-likeness (QED) is 0.789. The molecule has 0 fully saturated rings. The molecule has 0 amide bonds. The second-order valence-electron chi connectivity index (χ2n) is 4.55. The Morgan fingerprint density at radius 3 is 2.80 bits per heavy atom. The molecule has 0 aliphatic rings. The van der Waals surface area contributed by atoms with Crippen molar-refractivity contribution < 1.29 is 0 Å². The molecule has 1 heterocycles. The third-order valence-electron chi connectivity index (χ3n) is 2.85. The van der Waals surface area contributed by atoms with Crippen LogP contribution in [0, 0.1) is 6.92 Å². The van der Waals surface area contributed by atoms with E-state index in [1.165, 1.54) is 10.5 Å². The summed E-state index contributed by atoms with van der Waals surface area (Å²) in [4.78, 5) is 1.18. The van der Waals surface area contributed by atoms with Crippen LogP contribution in [0.3, 0.4) is 0 Å². The second-order valence-corrected chi connectivity index (χ2v) is 7.90. The first-order valence-electron chi connectivity index (χ1n) is 6.61. The number of hydrogen-bond donors (Lipinski definition) is 1. The molecule has 20 heavy (non-hydrogen) atoms. The van der Waals surface area contributed by atoms with Gasteiger partial charge in [0.1, 0.15) is 5.01 Å². The second kappa shape index (κ2) is 7.54. The highest BCUT2D eigenvalue weighted by Gasteiger charge is 2.10. The number of benzene rings is 1. The minimum atomic E-state index is 0.354. The molecule has 0 bridgehead atoms. The standard InChI is InChI=1S/C14H18BrN3S2/c1-4-7-16-9(2)12-6-5-11(8-13(12)15)20-14-18-17-10(3)19-14/h5-6,8-9,16H,4,7H2,1-3H3. The fourth-order valence-electron chi connectivity index (χ4n) is 1.81. The molecule has 1 aromatic carbocycles. The summed E-state index contributed by atoms with van der Waals surface area (Å²) in [5.74, 6) is 0. The zero-order chi connectivity index (χ0) is 14.5. The third kappa shape index (κ3) is 4.28. The topological polar surface area (TPSA) is 37.8 Å². The van der Waals surface area contributed by atoms with Crippen LogP contribution in [-0.4, -0.2) is 16.7 Å². The Bertz CT molecular complexity index is 571. The van der Waals surface area contributed by atoms with E-state index in [9.17, 15) is 0 Å². The number of rotatable bonds is 6. The maximum absolute atomic E-state index is 4.14. The Labute approximate surface area is 136 Å². The predicted molar refractivity (Wildman–Crippen MR) is 89.6 cm³/mol. The van der Waals surface area contributed by atoms with Crippen molar-refractivity contribution in [3.63, 3.8) is 0 Å². The van der Waals surface area contributed by atoms with E-state index in [4.69, 9.17) is 0 Å². The smallest absolute Gasteiger partial charge is 0.179 e. The van der Waals surface area contributed by atoms with Crippen molar-refractivity contribution in [3.05, 3.63) is 33.2 Å². The van der Waals surface area contributed by atoms with Gasteiger partial charge in [0, 0.05) is 15.4 Å². The lowest BCUT2D eigenvalue weighted by molar-refractivity contribution is 0.568. The molecule has 2 rings (SSSR count). The number of aromatic nitrogens is 2. The van der Waals surface area contributed by atoms with Gasteiger partial charge >= 0.3 is 0 Å². The summed E-state index contributed by atoms with van der Waals surface area (Å²) in [6.07, 6.45) is 1.15. The highest BCUT2D eigenvalue weighted by molar-refractivity contribution is 9.10. The summed E-state index contributed by atoms with van der Waals surface area (Å²) < 4.78 is 2.12. The molecule has 0 spiro atoms. The molecular weight excluding hydrogens is 354 g/mol. The van der Waals surface area contributed by atoms with Gasteiger partial charge < -0.3 is 5.32 Å². The zero-order valence-corrected chi connectivity index (χ0v) is 15.0. The summed E-state index contributed by atoms with van der Waals surface area (Å²) in [7, 11) is 0. The van der Waals surface area contributed by atoms with Gasteiger partial charge in [-0.25, -0.2) is 0 Å². The maximum Gasteiger partial charge on any atom is 0.179 e. The molecule has 1 atom stereocenters. The molecular formula is C14H18BrN3S2. The molecule has 1 unspecified atom stereocenters. The molecule has 2 aromatic rings. The van der Waals surface area contributed by atoms with Crippen molar-refractivity contribution in [1.29, 1.82) is 0 Å². The number of nitrogens with one attached hydrogen (secondary N) is 1. The zero-order valence-electron chi connectivity index (χ0n) is 11.8. The van der Waals surface area contributed by atoms with E-state index < -0.39 is 0 Å². The van der Waals surface area contributed by atoms with Gasteiger partial charge in [0.2, 0.25) is 0 Å². The molecule has 3 nitrogen and oxygen atoms in total. The fourth-order valence-corrected chi connectivity index (χ4v) is 4.52. The lowest BCUT2D eigenvalue weighted by Gasteiger charge is -2.16. The SMILES string of the molecule is CCCNC(C)c1ccc(Sc2nnc(C)s2)cc1Br. The highest BCUT2D eigenvalue weighted by atomic mass is 79.9. The molecule has 0 saturated carbocycles. The maximum atomic E-state index is 4.14. The monoisotopic (exact) mass is 371 g/mol. The third-order valence-corrected chi connectivity index (χ3v) is 5.42. The Morgan fingerprint density at radius 1 is 1.40 bits per heavy atom. The fraction of sp³-hybridized carbons (Fsp3) is 0.429. The summed E-state index contributed by atoms with van der Waals surface area (Å²) >= 11 is 6.95. The number of halogens is 1. The highest BCUT2D eigenvalue weighted by Crippen LogP contribution is 2.34. The van der Waals surface area contributed by atoms with Gasteiger partial charge in [-0.05, 0) is 44.5 Å². The lowest BCUT2D eigenvalue weighted by atomic mass is 10.1. The normalized spacial score (nSPS) is 12.6. The van der Waals surface area contributed by atoms with Crippen LogP contribution >= 0.6 is 39.0 Å². The Hall–Kier alpha value is -0.430. The van der Waals surface area contributed by atoms with Crippen molar-refractivity contribution in [2.45, 2.75) is 42.5 Å². The van der Waals surface area contributed by atoms with Crippen molar-refractivity contribution in [3.8, 4) is 0 Å². The summed E-state index contributed by atoms with van der Waals surface area (Å²) in [5.41, 5.74) is 1.29. The molecule has 0 aliphatic carbocycles. The van der Waals surface area contributed by atoms with Gasteiger partial charge in [0.25, 0.3) is 0 Å². The van der Waals surface area contributed by atoms with Gasteiger partial charge in [-0.1, -0.05) is 52.0 Å². The van der Waals surface area contributed by atoms with E-state index in [1.807, 2.05) is 6.92 Å². The molecule has 1 N–H and O–H groups in total. The van der Waals surface area contributed by atoms with Crippen LogP contribution in [0.1, 0.15) is 36.9 Å². The van der Waals surface area contributed by atoms with Crippen molar-refractivity contribution in [1.82, 2.24) is 15.5 Å². The lowest BCUT2D eigenvalue weighted by Crippen LogP contribution is -2.19. The van der Waals surface area contributed by atoms with Gasteiger partial charge in [-0.2, -0.15) is 0 Å². The molecule has 1 aromatic heterocycles. The number of nitrogens with zero attached hydrogens (tertiary/aromatic N) is 2. The average molecular weight is 372 g/mol. The van der Waals surface area contributed by atoms with Crippen LogP contribution in [0.15, 0.2) is 31.9 Å². The van der Waals surface area contributed by atoms with Crippen molar-refractivity contribution in [2.75, 3.05) is 6.54 Å². The molecule has 0 saturated heterocycles. The van der Waals surface area contributed by atoms with Crippen molar-refractivity contribution in [2.24, 2.45) is 0 Å². The minimum absolute atomic E-state index is 0.354. The van der Waals surface area contributed by atoms with Crippen molar-refractivity contribution >= 4 is 39.0 Å². The van der Waals surface area contributed by atoms with Gasteiger partial charge in [-0.15, -0.1) is 10.2 Å².